The van der Waals surface area contributed by atoms with E-state index in [4.69, 9.17) is 10.8 Å². The molecule has 0 bridgehead atoms. The molecule has 1 atom stereocenters. The molecule has 1 amide bonds. The van der Waals surface area contributed by atoms with Crippen LogP contribution in [0.15, 0.2) is 0 Å². The number of hydrogen-bond acceptors (Lipinski definition) is 3. The molecule has 0 rings (SSSR count). The first kappa shape index (κ1) is 7.39. The van der Waals surface area contributed by atoms with Gasteiger partial charge in [-0.05, 0) is 6.92 Å². The highest BCUT2D eigenvalue weighted by Gasteiger charge is 2.14. The maximum atomic E-state index is 9.65. The van der Waals surface area contributed by atoms with Gasteiger partial charge in [-0.2, -0.15) is 0 Å². The first-order chi connectivity index (χ1) is 3.62. The van der Waals surface area contributed by atoms with E-state index in [-0.39, 0.29) is 6.54 Å². The lowest BCUT2D eigenvalue weighted by Gasteiger charge is -2.18. The summed E-state index contributed by atoms with van der Waals surface area (Å²) in [5.74, 6) is 0. The van der Waals surface area contributed by atoms with Crippen molar-refractivity contribution in [3.8, 4) is 0 Å². The summed E-state index contributed by atoms with van der Waals surface area (Å²) in [7, 11) is 0. The lowest BCUT2D eigenvalue weighted by molar-refractivity contribution is -0.115. The Kier molecular flexibility index (Phi) is 2.44. The molecular weight excluding hydrogens is 108 g/mol. The van der Waals surface area contributed by atoms with Crippen LogP contribution >= 0.6 is 0 Å². The van der Waals surface area contributed by atoms with E-state index in [9.17, 15) is 4.79 Å². The van der Waals surface area contributed by atoms with Crippen LogP contribution in [0.25, 0.3) is 0 Å². The predicted molar refractivity (Wildman–Crippen MR) is 28.9 cm³/mol. The molecule has 48 valence electrons. The van der Waals surface area contributed by atoms with E-state index in [1.807, 2.05) is 0 Å². The molecule has 0 saturated heterocycles. The first-order valence-corrected chi connectivity index (χ1v) is 2.26. The minimum atomic E-state index is -1.25. The van der Waals surface area contributed by atoms with Gasteiger partial charge < -0.3 is 16.2 Å². The number of carbonyl (C=O) groups excluding carboxylic acids is 1. The van der Waals surface area contributed by atoms with Gasteiger partial charge in [-0.1, -0.05) is 0 Å². The number of nitrogens with two attached hydrogens (primary N) is 1. The van der Waals surface area contributed by atoms with E-state index >= 15 is 0 Å². The highest BCUT2D eigenvalue weighted by molar-refractivity contribution is 5.47. The first-order valence-electron chi connectivity index (χ1n) is 2.26. The zero-order valence-corrected chi connectivity index (χ0v) is 4.72. The van der Waals surface area contributed by atoms with Crippen molar-refractivity contribution in [3.05, 3.63) is 0 Å². The second kappa shape index (κ2) is 2.64. The fourth-order valence-corrected chi connectivity index (χ4v) is 0.186. The minimum absolute atomic E-state index is 0.0196. The van der Waals surface area contributed by atoms with E-state index in [0.717, 1.165) is 0 Å². The Labute approximate surface area is 47.7 Å². The second-order valence-corrected chi connectivity index (χ2v) is 1.74. The van der Waals surface area contributed by atoms with Gasteiger partial charge in [0, 0.05) is 6.54 Å². The van der Waals surface area contributed by atoms with Gasteiger partial charge in [-0.25, -0.2) is 0 Å². The van der Waals surface area contributed by atoms with Gasteiger partial charge in [0.25, 0.3) is 0 Å². The Morgan fingerprint density at radius 3 is 2.62 bits per heavy atom. The second-order valence-electron chi connectivity index (χ2n) is 1.74. The van der Waals surface area contributed by atoms with Crippen molar-refractivity contribution >= 4 is 6.41 Å². The summed E-state index contributed by atoms with van der Waals surface area (Å²) in [5, 5.41) is 11.0. The van der Waals surface area contributed by atoms with Crippen LogP contribution in [0.4, 0.5) is 0 Å². The zero-order chi connectivity index (χ0) is 6.62. The number of nitrogens with one attached hydrogen (secondary N) is 1. The summed E-state index contributed by atoms with van der Waals surface area (Å²) >= 11 is 0. The largest absolute Gasteiger partial charge is 0.370 e. The molecule has 8 heavy (non-hydrogen) atoms. The van der Waals surface area contributed by atoms with Crippen molar-refractivity contribution in [3.63, 3.8) is 0 Å². The lowest BCUT2D eigenvalue weighted by atomic mass is 10.3. The molecule has 0 aromatic carbocycles. The highest BCUT2D eigenvalue weighted by Crippen LogP contribution is 1.89. The third kappa shape index (κ3) is 2.54. The average Bonchev–Trinajstić information content (AvgIpc) is 1.67. The Morgan fingerprint density at radius 2 is 2.50 bits per heavy atom. The highest BCUT2D eigenvalue weighted by atomic mass is 16.3. The topological polar surface area (TPSA) is 75.3 Å². The minimum Gasteiger partial charge on any atom is -0.370 e. The number of aliphatic hydroxyl groups is 1. The molecule has 1 unspecified atom stereocenters. The molecule has 0 saturated carbocycles. The molecule has 0 radical (unpaired) electrons. The fourth-order valence-electron chi connectivity index (χ4n) is 0.186. The molecule has 4 N–H and O–H groups in total. The van der Waals surface area contributed by atoms with E-state index in [1.54, 1.807) is 0 Å². The van der Waals surface area contributed by atoms with Crippen LogP contribution in [0.2, 0.25) is 0 Å². The third-order valence-electron chi connectivity index (χ3n) is 0.767. The Hall–Kier alpha value is -0.610. The van der Waals surface area contributed by atoms with E-state index in [2.05, 4.69) is 5.32 Å². The summed E-state index contributed by atoms with van der Waals surface area (Å²) in [6.45, 7) is 1.44. The molecule has 0 heterocycles. The van der Waals surface area contributed by atoms with E-state index in [0.29, 0.717) is 6.41 Å². The van der Waals surface area contributed by atoms with Gasteiger partial charge >= 0.3 is 0 Å². The van der Waals surface area contributed by atoms with Crippen LogP contribution < -0.4 is 11.1 Å². The normalized spacial score (nSPS) is 16.9. The van der Waals surface area contributed by atoms with Crippen LogP contribution in [0.3, 0.4) is 0 Å². The van der Waals surface area contributed by atoms with Crippen LogP contribution in [0.5, 0.6) is 0 Å². The molecule has 0 aliphatic rings. The summed E-state index contributed by atoms with van der Waals surface area (Å²) in [4.78, 5) is 9.65. The quantitative estimate of drug-likeness (QED) is 0.308. The van der Waals surface area contributed by atoms with Crippen LogP contribution in [0.1, 0.15) is 6.92 Å². The van der Waals surface area contributed by atoms with Crippen molar-refractivity contribution in [2.24, 2.45) is 5.73 Å². The standard InChI is InChI=1S/C4H10N2O2/c1-4(8,2-5)6-3-7/h3,8H,2,5H2,1H3,(H,6,7). The van der Waals surface area contributed by atoms with Crippen LogP contribution in [-0.4, -0.2) is 23.8 Å². The number of rotatable bonds is 3. The Balaban J connectivity index is 3.53. The van der Waals surface area contributed by atoms with Crippen molar-refractivity contribution in [1.29, 1.82) is 0 Å². The van der Waals surface area contributed by atoms with Gasteiger partial charge in [0.15, 0.2) is 0 Å². The average molecular weight is 118 g/mol. The molecule has 0 spiro atoms. The fraction of sp³-hybridized carbons (Fsp3) is 0.750. The lowest BCUT2D eigenvalue weighted by Crippen LogP contribution is -2.47. The summed E-state index contributed by atoms with van der Waals surface area (Å²) in [5.41, 5.74) is 3.77. The van der Waals surface area contributed by atoms with E-state index in [1.165, 1.54) is 6.92 Å². The summed E-state index contributed by atoms with van der Waals surface area (Å²) in [6, 6.07) is 0. The van der Waals surface area contributed by atoms with Gasteiger partial charge in [0.2, 0.25) is 6.41 Å². The number of hydrogen-bond donors (Lipinski definition) is 3. The van der Waals surface area contributed by atoms with Gasteiger partial charge in [0.05, 0.1) is 0 Å². The Bertz CT molecular complexity index is 82.1. The van der Waals surface area contributed by atoms with Crippen LogP contribution in [0, 0.1) is 0 Å². The van der Waals surface area contributed by atoms with Gasteiger partial charge in [-0.15, -0.1) is 0 Å². The summed E-state index contributed by atoms with van der Waals surface area (Å²) < 4.78 is 0. The number of amides is 1. The molecule has 4 heteroatoms. The van der Waals surface area contributed by atoms with Crippen molar-refractivity contribution in [2.45, 2.75) is 12.6 Å². The van der Waals surface area contributed by atoms with Gasteiger partial charge in [0.1, 0.15) is 5.72 Å². The maximum absolute atomic E-state index is 9.65. The van der Waals surface area contributed by atoms with Crippen molar-refractivity contribution in [1.82, 2.24) is 5.32 Å². The monoisotopic (exact) mass is 118 g/mol. The molecular formula is C4H10N2O2. The van der Waals surface area contributed by atoms with Crippen molar-refractivity contribution in [2.75, 3.05) is 6.54 Å². The molecule has 0 aliphatic carbocycles. The SMILES string of the molecule is CC(O)(CN)NC=O. The number of carbonyl (C=O) groups is 1. The van der Waals surface area contributed by atoms with Crippen LogP contribution in [-0.2, 0) is 4.79 Å². The predicted octanol–water partition coefficient (Wildman–Crippen LogP) is -1.60. The zero-order valence-electron chi connectivity index (χ0n) is 4.72. The van der Waals surface area contributed by atoms with Crippen molar-refractivity contribution < 1.29 is 9.90 Å². The molecule has 0 aromatic rings. The molecule has 0 aromatic heterocycles. The maximum Gasteiger partial charge on any atom is 0.209 e. The summed E-state index contributed by atoms with van der Waals surface area (Å²) in [6.07, 6.45) is 0.410. The van der Waals surface area contributed by atoms with E-state index < -0.39 is 5.72 Å². The molecule has 0 aliphatic heterocycles. The molecule has 0 fully saturated rings. The third-order valence-corrected chi connectivity index (χ3v) is 0.767. The van der Waals surface area contributed by atoms with Gasteiger partial charge in [-0.3, -0.25) is 4.79 Å². The Morgan fingerprint density at radius 1 is 2.00 bits per heavy atom. The molecule has 4 nitrogen and oxygen atoms in total. The smallest absolute Gasteiger partial charge is 0.209 e.